The molecule has 5 heterocycles. The first-order valence-electron chi connectivity index (χ1n) is 12.0. The molecule has 34 heavy (non-hydrogen) atoms. The van der Waals surface area contributed by atoms with Crippen molar-refractivity contribution in [1.29, 1.82) is 0 Å². The van der Waals surface area contributed by atoms with Crippen LogP contribution in [-0.2, 0) is 0 Å². The van der Waals surface area contributed by atoms with Gasteiger partial charge in [0.1, 0.15) is 11.4 Å². The van der Waals surface area contributed by atoms with E-state index >= 15 is 0 Å². The molecule has 0 spiro atoms. The van der Waals surface area contributed by atoms with Crippen LogP contribution in [-0.4, -0.2) is 39.3 Å². The second-order valence-electron chi connectivity index (χ2n) is 8.86. The summed E-state index contributed by atoms with van der Waals surface area (Å²) in [6.07, 6.45) is 9.22. The lowest BCUT2D eigenvalue weighted by molar-refractivity contribution is 0.295. The predicted octanol–water partition coefficient (Wildman–Crippen LogP) is 5.38. The molecule has 0 bridgehead atoms. The third kappa shape index (κ3) is 4.01. The van der Waals surface area contributed by atoms with E-state index in [9.17, 15) is 0 Å². The first kappa shape index (κ1) is 20.8. The molecule has 5 aromatic rings. The number of fused-ring (bicyclic) bond motifs is 2. The van der Waals surface area contributed by atoms with Gasteiger partial charge in [-0.3, -0.25) is 9.97 Å². The average molecular weight is 450 g/mol. The van der Waals surface area contributed by atoms with Crippen molar-refractivity contribution in [2.75, 3.05) is 19.7 Å². The van der Waals surface area contributed by atoms with E-state index in [0.29, 0.717) is 0 Å². The normalized spacial score (nSPS) is 15.8. The van der Waals surface area contributed by atoms with Crippen LogP contribution < -0.4 is 10.1 Å². The number of rotatable bonds is 7. The molecule has 6 rings (SSSR count). The van der Waals surface area contributed by atoms with Crippen LogP contribution >= 0.6 is 0 Å². The molecule has 1 unspecified atom stereocenters. The molecular weight excluding hydrogens is 422 g/mol. The Bertz CT molecular complexity index is 1420. The number of hydrogen-bond acceptors (Lipinski definition) is 5. The Morgan fingerprint density at radius 1 is 1.00 bits per heavy atom. The van der Waals surface area contributed by atoms with Crippen molar-refractivity contribution in [3.63, 3.8) is 0 Å². The minimum Gasteiger partial charge on any atom is -0.494 e. The van der Waals surface area contributed by atoms with Gasteiger partial charge in [-0.1, -0.05) is 12.1 Å². The van der Waals surface area contributed by atoms with Crippen molar-refractivity contribution in [2.24, 2.45) is 5.92 Å². The topological polar surface area (TPSA) is 64.3 Å². The summed E-state index contributed by atoms with van der Waals surface area (Å²) in [5, 5.41) is 9.38. The number of aromatic nitrogens is 4. The highest BCUT2D eigenvalue weighted by atomic mass is 16.5. The zero-order valence-corrected chi connectivity index (χ0v) is 19.0. The van der Waals surface area contributed by atoms with Crippen molar-refractivity contribution in [3.8, 4) is 28.3 Å². The van der Waals surface area contributed by atoms with Gasteiger partial charge in [-0.05, 0) is 86.3 Å². The predicted molar refractivity (Wildman–Crippen MR) is 135 cm³/mol. The van der Waals surface area contributed by atoms with Crippen molar-refractivity contribution >= 4 is 16.4 Å². The van der Waals surface area contributed by atoms with E-state index in [0.717, 1.165) is 76.7 Å². The Morgan fingerprint density at radius 2 is 1.97 bits per heavy atom. The van der Waals surface area contributed by atoms with Crippen LogP contribution in [0.5, 0.6) is 5.75 Å². The van der Waals surface area contributed by atoms with Gasteiger partial charge in [-0.25, -0.2) is 4.52 Å². The molecular formula is C28H27N5O. The molecule has 1 aliphatic rings. The Kier molecular flexibility index (Phi) is 5.65. The molecule has 0 aliphatic carbocycles. The number of nitrogens with zero attached hydrogens (tertiary/aromatic N) is 4. The van der Waals surface area contributed by atoms with Gasteiger partial charge >= 0.3 is 0 Å². The first-order chi connectivity index (χ1) is 16.9. The molecule has 1 aliphatic heterocycles. The maximum atomic E-state index is 6.08. The summed E-state index contributed by atoms with van der Waals surface area (Å²) in [6.45, 7) is 3.03. The molecule has 1 aromatic carbocycles. The fraction of sp³-hybridized carbons (Fsp3) is 0.250. The first-order valence-corrected chi connectivity index (χ1v) is 12.0. The van der Waals surface area contributed by atoms with Crippen LogP contribution in [0.4, 0.5) is 0 Å². The monoisotopic (exact) mass is 449 g/mol. The lowest BCUT2D eigenvalue weighted by atomic mass is 9.98. The Labute approximate surface area is 198 Å². The number of pyridine rings is 3. The van der Waals surface area contributed by atoms with Gasteiger partial charge in [0.15, 0.2) is 0 Å². The Morgan fingerprint density at radius 3 is 2.85 bits per heavy atom. The fourth-order valence-electron chi connectivity index (χ4n) is 4.90. The van der Waals surface area contributed by atoms with Crippen molar-refractivity contribution in [2.45, 2.75) is 19.3 Å². The molecule has 4 aromatic heterocycles. The summed E-state index contributed by atoms with van der Waals surface area (Å²) in [4.78, 5) is 9.23. The summed E-state index contributed by atoms with van der Waals surface area (Å²) in [5.74, 6) is 1.66. The summed E-state index contributed by atoms with van der Waals surface area (Å²) in [7, 11) is 0. The zero-order valence-electron chi connectivity index (χ0n) is 19.0. The SMILES string of the molecule is c1ccc(-c2nn3ccccc3c2-c2ccnc3cc(OCCCC4CCNC4)ccc23)nc1. The zero-order chi connectivity index (χ0) is 22.7. The molecule has 1 fully saturated rings. The van der Waals surface area contributed by atoms with E-state index < -0.39 is 0 Å². The maximum Gasteiger partial charge on any atom is 0.121 e. The Hall–Kier alpha value is -3.77. The summed E-state index contributed by atoms with van der Waals surface area (Å²) in [5.41, 5.74) is 5.82. The number of ether oxygens (including phenoxy) is 1. The molecule has 1 saturated heterocycles. The van der Waals surface area contributed by atoms with Gasteiger partial charge < -0.3 is 10.1 Å². The van der Waals surface area contributed by atoms with E-state index in [-0.39, 0.29) is 0 Å². The third-order valence-corrected chi connectivity index (χ3v) is 6.62. The van der Waals surface area contributed by atoms with Crippen LogP contribution in [0.25, 0.3) is 38.9 Å². The van der Waals surface area contributed by atoms with E-state index in [2.05, 4.69) is 39.6 Å². The molecule has 6 nitrogen and oxygen atoms in total. The van der Waals surface area contributed by atoms with Crippen molar-refractivity contribution in [3.05, 3.63) is 79.3 Å². The summed E-state index contributed by atoms with van der Waals surface area (Å²) >= 11 is 0. The molecule has 1 atom stereocenters. The minimum absolute atomic E-state index is 0.736. The van der Waals surface area contributed by atoms with Gasteiger partial charge in [0.2, 0.25) is 0 Å². The smallest absolute Gasteiger partial charge is 0.121 e. The summed E-state index contributed by atoms with van der Waals surface area (Å²) < 4.78 is 8.00. The van der Waals surface area contributed by atoms with E-state index in [1.807, 2.05) is 53.3 Å². The number of benzene rings is 1. The van der Waals surface area contributed by atoms with Crippen LogP contribution in [0.3, 0.4) is 0 Å². The lowest BCUT2D eigenvalue weighted by Crippen LogP contribution is -2.09. The molecule has 1 N–H and O–H groups in total. The van der Waals surface area contributed by atoms with Gasteiger partial charge in [0.25, 0.3) is 0 Å². The molecule has 0 saturated carbocycles. The van der Waals surface area contributed by atoms with Crippen LogP contribution in [0.2, 0.25) is 0 Å². The van der Waals surface area contributed by atoms with Crippen LogP contribution in [0.15, 0.2) is 79.3 Å². The van der Waals surface area contributed by atoms with Crippen molar-refractivity contribution in [1.82, 2.24) is 24.9 Å². The molecule has 170 valence electrons. The molecule has 0 radical (unpaired) electrons. The number of hydrogen-bond donors (Lipinski definition) is 1. The van der Waals surface area contributed by atoms with Crippen LogP contribution in [0.1, 0.15) is 19.3 Å². The second kappa shape index (κ2) is 9.23. The van der Waals surface area contributed by atoms with Gasteiger partial charge in [0.05, 0.1) is 23.3 Å². The fourth-order valence-corrected chi connectivity index (χ4v) is 4.90. The largest absolute Gasteiger partial charge is 0.494 e. The quantitative estimate of drug-likeness (QED) is 0.338. The summed E-state index contributed by atoms with van der Waals surface area (Å²) in [6, 6.07) is 20.3. The van der Waals surface area contributed by atoms with E-state index in [1.54, 1.807) is 6.20 Å². The highest BCUT2D eigenvalue weighted by molar-refractivity contribution is 6.03. The number of nitrogens with one attached hydrogen (secondary N) is 1. The van der Waals surface area contributed by atoms with Crippen molar-refractivity contribution < 1.29 is 4.74 Å². The maximum absolute atomic E-state index is 6.08. The van der Waals surface area contributed by atoms with Gasteiger partial charge in [0, 0.05) is 35.6 Å². The second-order valence-corrected chi connectivity index (χ2v) is 8.86. The standard InChI is InChI=1S/C28H27N5O/c1-3-13-30-24(7-1)28-27(26-8-2-4-16-33(26)32-28)23-12-15-31-25-18-21(9-10-22(23)25)34-17-5-6-20-11-14-29-19-20/h1-4,7-10,12-13,15-16,18,20,29H,5-6,11,14,17,19H2. The van der Waals surface area contributed by atoms with Crippen LogP contribution in [0, 0.1) is 5.92 Å². The van der Waals surface area contributed by atoms with Gasteiger partial charge in [-0.15, -0.1) is 0 Å². The van der Waals surface area contributed by atoms with E-state index in [4.69, 9.17) is 9.84 Å². The minimum atomic E-state index is 0.736. The average Bonchev–Trinajstić information content (AvgIpc) is 3.55. The van der Waals surface area contributed by atoms with E-state index in [1.165, 1.54) is 12.8 Å². The third-order valence-electron chi connectivity index (χ3n) is 6.62. The lowest BCUT2D eigenvalue weighted by Gasteiger charge is -2.11. The van der Waals surface area contributed by atoms with Gasteiger partial charge in [-0.2, -0.15) is 5.10 Å². The molecule has 0 amide bonds. The Balaban J connectivity index is 1.34. The highest BCUT2D eigenvalue weighted by Gasteiger charge is 2.19. The molecule has 6 heteroatoms. The highest BCUT2D eigenvalue weighted by Crippen LogP contribution is 2.38.